The van der Waals surface area contributed by atoms with Crippen LogP contribution < -0.4 is 9.80 Å². The predicted molar refractivity (Wildman–Crippen MR) is 255 cm³/mol. The highest BCUT2D eigenvalue weighted by Crippen LogP contribution is 2.45. The van der Waals surface area contributed by atoms with Crippen LogP contribution in [0, 0.1) is 0 Å². The van der Waals surface area contributed by atoms with Crippen molar-refractivity contribution in [3.05, 3.63) is 255 Å². The van der Waals surface area contributed by atoms with E-state index in [0.717, 1.165) is 45.3 Å². The van der Waals surface area contributed by atoms with Crippen LogP contribution in [0.25, 0.3) is 55.3 Å². The lowest BCUT2D eigenvalue weighted by molar-refractivity contribution is 1.28. The maximum atomic E-state index is 2.41. The molecule has 284 valence electrons. The second-order valence-corrected chi connectivity index (χ2v) is 15.0. The Bertz CT molecular complexity index is 2960. The lowest BCUT2D eigenvalue weighted by Gasteiger charge is -2.29. The molecule has 0 aromatic heterocycles. The molecule has 0 spiro atoms. The lowest BCUT2D eigenvalue weighted by Crippen LogP contribution is -2.11. The molecular formula is C58H42N2. The number of benzene rings is 10. The zero-order valence-electron chi connectivity index (χ0n) is 33.1. The van der Waals surface area contributed by atoms with E-state index in [-0.39, 0.29) is 0 Å². The average Bonchev–Trinajstić information content (AvgIpc) is 3.33. The first-order chi connectivity index (χ1) is 29.8. The normalized spacial score (nSPS) is 11.0. The van der Waals surface area contributed by atoms with E-state index in [2.05, 4.69) is 265 Å². The standard InChI is InChI=1S/C58H42N2/c1-5-17-43(18-6-1)44-35-38-53(39-36-44)60(57-40-37-47-19-13-14-30-56(47)58(57)48-20-7-2-8-21-48)55-29-16-23-50(42-55)46-33-31-45(32-34-46)49-22-15-28-54(41-49)59(51-24-9-3-10-25-51)52-26-11-4-12-27-52/h1-42H. The van der Waals surface area contributed by atoms with Gasteiger partial charge in [0.1, 0.15) is 0 Å². The first kappa shape index (κ1) is 36.4. The van der Waals surface area contributed by atoms with E-state index in [0.29, 0.717) is 0 Å². The van der Waals surface area contributed by atoms with Crippen LogP contribution in [0.15, 0.2) is 255 Å². The molecule has 10 aromatic carbocycles. The molecule has 60 heavy (non-hydrogen) atoms. The van der Waals surface area contributed by atoms with E-state index in [1.165, 1.54) is 44.2 Å². The number of anilines is 6. The fourth-order valence-corrected chi connectivity index (χ4v) is 8.32. The third-order valence-corrected chi connectivity index (χ3v) is 11.2. The highest BCUT2D eigenvalue weighted by atomic mass is 15.1. The monoisotopic (exact) mass is 766 g/mol. The van der Waals surface area contributed by atoms with Crippen LogP contribution in [0.2, 0.25) is 0 Å². The maximum absolute atomic E-state index is 2.41. The quantitative estimate of drug-likeness (QED) is 0.137. The molecule has 0 fully saturated rings. The average molecular weight is 767 g/mol. The Morgan fingerprint density at radius 2 is 0.600 bits per heavy atom. The van der Waals surface area contributed by atoms with E-state index in [4.69, 9.17) is 0 Å². The highest BCUT2D eigenvalue weighted by Gasteiger charge is 2.20. The van der Waals surface area contributed by atoms with Gasteiger partial charge in [-0.3, -0.25) is 0 Å². The van der Waals surface area contributed by atoms with E-state index in [1.807, 2.05) is 0 Å². The van der Waals surface area contributed by atoms with Gasteiger partial charge in [0.05, 0.1) is 5.69 Å². The van der Waals surface area contributed by atoms with Crippen LogP contribution in [0.4, 0.5) is 34.1 Å². The smallest absolute Gasteiger partial charge is 0.0546 e. The maximum Gasteiger partial charge on any atom is 0.0546 e. The summed E-state index contributed by atoms with van der Waals surface area (Å²) < 4.78 is 0. The molecule has 0 bridgehead atoms. The third-order valence-electron chi connectivity index (χ3n) is 11.2. The molecule has 10 aromatic rings. The van der Waals surface area contributed by atoms with E-state index in [9.17, 15) is 0 Å². The fourth-order valence-electron chi connectivity index (χ4n) is 8.32. The second kappa shape index (κ2) is 16.5. The van der Waals surface area contributed by atoms with Gasteiger partial charge in [-0.05, 0) is 116 Å². The highest BCUT2D eigenvalue weighted by molar-refractivity contribution is 6.05. The van der Waals surface area contributed by atoms with E-state index >= 15 is 0 Å². The van der Waals surface area contributed by atoms with Gasteiger partial charge in [-0.25, -0.2) is 0 Å². The van der Waals surface area contributed by atoms with Crippen LogP contribution in [-0.4, -0.2) is 0 Å². The SMILES string of the molecule is c1ccc(-c2ccc(N(c3cccc(-c4ccc(-c5cccc(N(c6ccccc6)c6ccccc6)c5)cc4)c3)c3ccc4ccccc4c3-c3ccccc3)cc2)cc1. The van der Waals surface area contributed by atoms with Crippen molar-refractivity contribution in [2.75, 3.05) is 9.80 Å². The fraction of sp³-hybridized carbons (Fsp3) is 0. The molecule has 0 saturated carbocycles. The molecule has 0 aliphatic carbocycles. The summed E-state index contributed by atoms with van der Waals surface area (Å²) >= 11 is 0. The van der Waals surface area contributed by atoms with Crippen LogP contribution in [-0.2, 0) is 0 Å². The molecule has 0 aliphatic rings. The minimum atomic E-state index is 1.09. The summed E-state index contributed by atoms with van der Waals surface area (Å²) in [4.78, 5) is 4.72. The van der Waals surface area contributed by atoms with Crippen molar-refractivity contribution in [1.29, 1.82) is 0 Å². The van der Waals surface area contributed by atoms with Crippen molar-refractivity contribution in [2.45, 2.75) is 0 Å². The van der Waals surface area contributed by atoms with Crippen LogP contribution in [0.5, 0.6) is 0 Å². The molecule has 2 heteroatoms. The van der Waals surface area contributed by atoms with Crippen molar-refractivity contribution >= 4 is 44.9 Å². The Labute approximate surface area is 352 Å². The molecule has 0 atom stereocenters. The summed E-state index contributed by atoms with van der Waals surface area (Å²) in [6, 6.07) is 91.4. The topological polar surface area (TPSA) is 6.48 Å². The second-order valence-electron chi connectivity index (χ2n) is 15.0. The summed E-state index contributed by atoms with van der Waals surface area (Å²) in [7, 11) is 0. The number of nitrogens with zero attached hydrogens (tertiary/aromatic N) is 2. The zero-order chi connectivity index (χ0) is 40.1. The van der Waals surface area contributed by atoms with Gasteiger partial charge in [-0.2, -0.15) is 0 Å². The van der Waals surface area contributed by atoms with Crippen molar-refractivity contribution < 1.29 is 0 Å². The minimum absolute atomic E-state index is 1.09. The Balaban J connectivity index is 1.04. The van der Waals surface area contributed by atoms with Gasteiger partial charge in [-0.1, -0.05) is 188 Å². The minimum Gasteiger partial charge on any atom is -0.310 e. The Morgan fingerprint density at radius 3 is 1.17 bits per heavy atom. The first-order valence-corrected chi connectivity index (χ1v) is 20.5. The Morgan fingerprint density at radius 1 is 0.217 bits per heavy atom. The number of para-hydroxylation sites is 2. The predicted octanol–water partition coefficient (Wildman–Crippen LogP) is 16.4. The van der Waals surface area contributed by atoms with Gasteiger partial charge in [0.2, 0.25) is 0 Å². The van der Waals surface area contributed by atoms with E-state index < -0.39 is 0 Å². The van der Waals surface area contributed by atoms with Gasteiger partial charge >= 0.3 is 0 Å². The van der Waals surface area contributed by atoms with Crippen molar-refractivity contribution in [3.63, 3.8) is 0 Å². The van der Waals surface area contributed by atoms with Crippen molar-refractivity contribution in [1.82, 2.24) is 0 Å². The molecular weight excluding hydrogens is 725 g/mol. The number of hydrogen-bond donors (Lipinski definition) is 0. The summed E-state index contributed by atoms with van der Waals surface area (Å²) in [6.07, 6.45) is 0. The Kier molecular flexibility index (Phi) is 10.0. The van der Waals surface area contributed by atoms with Gasteiger partial charge in [0.15, 0.2) is 0 Å². The number of fused-ring (bicyclic) bond motifs is 1. The molecule has 0 N–H and O–H groups in total. The van der Waals surface area contributed by atoms with Crippen molar-refractivity contribution in [3.8, 4) is 44.5 Å². The van der Waals surface area contributed by atoms with Gasteiger partial charge in [0, 0.05) is 34.0 Å². The molecule has 0 amide bonds. The molecule has 0 saturated heterocycles. The van der Waals surface area contributed by atoms with Crippen LogP contribution in [0.3, 0.4) is 0 Å². The van der Waals surface area contributed by atoms with Gasteiger partial charge in [-0.15, -0.1) is 0 Å². The van der Waals surface area contributed by atoms with Gasteiger partial charge in [0.25, 0.3) is 0 Å². The molecule has 0 heterocycles. The molecule has 2 nitrogen and oxygen atoms in total. The number of rotatable bonds is 10. The molecule has 0 unspecified atom stereocenters. The summed E-state index contributed by atoms with van der Waals surface area (Å²) in [5.74, 6) is 0. The summed E-state index contributed by atoms with van der Waals surface area (Å²) in [6.45, 7) is 0. The first-order valence-electron chi connectivity index (χ1n) is 20.5. The van der Waals surface area contributed by atoms with E-state index in [1.54, 1.807) is 0 Å². The largest absolute Gasteiger partial charge is 0.310 e. The molecule has 0 radical (unpaired) electrons. The summed E-state index contributed by atoms with van der Waals surface area (Å²) in [5, 5.41) is 2.44. The van der Waals surface area contributed by atoms with Gasteiger partial charge < -0.3 is 9.80 Å². The molecule has 0 aliphatic heterocycles. The van der Waals surface area contributed by atoms with Crippen LogP contribution in [0.1, 0.15) is 0 Å². The third kappa shape index (κ3) is 7.35. The molecule has 10 rings (SSSR count). The number of hydrogen-bond acceptors (Lipinski definition) is 2. The zero-order valence-corrected chi connectivity index (χ0v) is 33.1. The van der Waals surface area contributed by atoms with Crippen LogP contribution >= 0.6 is 0 Å². The van der Waals surface area contributed by atoms with Crippen molar-refractivity contribution in [2.24, 2.45) is 0 Å². The lowest BCUT2D eigenvalue weighted by atomic mass is 9.94. The summed E-state index contributed by atoms with van der Waals surface area (Å²) in [5.41, 5.74) is 16.1. The Hall–Kier alpha value is -7.94.